The number of nitrogens with zero attached hydrogens (tertiary/aromatic N) is 1. The van der Waals surface area contributed by atoms with Crippen molar-refractivity contribution in [2.24, 2.45) is 0 Å². The summed E-state index contributed by atoms with van der Waals surface area (Å²) in [5, 5.41) is 3.50. The maximum Gasteiger partial charge on any atom is 0.234 e. The predicted molar refractivity (Wildman–Crippen MR) is 95.5 cm³/mol. The fraction of sp³-hybridized carbons (Fsp3) is 0.167. The SMILES string of the molecule is O=S(=O)(c1ccc(Cl)cc1)c1nc(-c2ccccc2)oc1NC1CC1. The molecule has 5 nitrogen and oxygen atoms in total. The van der Waals surface area contributed by atoms with Gasteiger partial charge in [-0.3, -0.25) is 0 Å². The lowest BCUT2D eigenvalue weighted by Gasteiger charge is -2.04. The zero-order chi connectivity index (χ0) is 17.4. The van der Waals surface area contributed by atoms with Crippen LogP contribution in [0, 0.1) is 0 Å². The van der Waals surface area contributed by atoms with Crippen LogP contribution in [0.4, 0.5) is 5.88 Å². The summed E-state index contributed by atoms with van der Waals surface area (Å²) in [6, 6.07) is 15.5. The highest BCUT2D eigenvalue weighted by molar-refractivity contribution is 7.91. The summed E-state index contributed by atoms with van der Waals surface area (Å²) in [6.45, 7) is 0. The molecular weight excluding hydrogens is 360 g/mol. The summed E-state index contributed by atoms with van der Waals surface area (Å²) in [5.74, 6) is 0.465. The third-order valence-electron chi connectivity index (χ3n) is 3.91. The third kappa shape index (κ3) is 3.27. The minimum Gasteiger partial charge on any atom is -0.419 e. The molecule has 0 amide bonds. The summed E-state index contributed by atoms with van der Waals surface area (Å²) in [7, 11) is -3.82. The number of hydrogen-bond donors (Lipinski definition) is 1. The van der Waals surface area contributed by atoms with Crippen molar-refractivity contribution in [2.45, 2.75) is 28.8 Å². The topological polar surface area (TPSA) is 72.2 Å². The first-order chi connectivity index (χ1) is 12.0. The highest BCUT2D eigenvalue weighted by atomic mass is 35.5. The Bertz CT molecular complexity index is 995. The molecule has 0 unspecified atom stereocenters. The number of rotatable bonds is 5. The number of hydrogen-bond acceptors (Lipinski definition) is 5. The van der Waals surface area contributed by atoms with Crippen LogP contribution >= 0.6 is 11.6 Å². The lowest BCUT2D eigenvalue weighted by atomic mass is 10.2. The van der Waals surface area contributed by atoms with E-state index < -0.39 is 9.84 Å². The summed E-state index contributed by atoms with van der Waals surface area (Å²) in [6.07, 6.45) is 1.98. The number of aromatic nitrogens is 1. The van der Waals surface area contributed by atoms with Crippen LogP contribution in [0.2, 0.25) is 5.02 Å². The van der Waals surface area contributed by atoms with Gasteiger partial charge in [0.1, 0.15) is 0 Å². The van der Waals surface area contributed by atoms with Crippen LogP contribution in [0.5, 0.6) is 0 Å². The normalized spacial score (nSPS) is 14.4. The van der Waals surface area contributed by atoms with Crippen LogP contribution in [0.25, 0.3) is 11.5 Å². The lowest BCUT2D eigenvalue weighted by molar-refractivity contribution is 0.576. The number of oxazole rings is 1. The lowest BCUT2D eigenvalue weighted by Crippen LogP contribution is -2.08. The predicted octanol–water partition coefficient (Wildman–Crippen LogP) is 4.40. The van der Waals surface area contributed by atoms with E-state index in [4.69, 9.17) is 16.0 Å². The Kier molecular flexibility index (Phi) is 4.01. The molecule has 128 valence electrons. The van der Waals surface area contributed by atoms with E-state index >= 15 is 0 Å². The van der Waals surface area contributed by atoms with Gasteiger partial charge in [-0.15, -0.1) is 0 Å². The fourth-order valence-corrected chi connectivity index (χ4v) is 3.81. The molecule has 0 spiro atoms. The molecule has 7 heteroatoms. The van der Waals surface area contributed by atoms with Crippen molar-refractivity contribution in [1.29, 1.82) is 0 Å². The van der Waals surface area contributed by atoms with E-state index in [2.05, 4.69) is 10.3 Å². The van der Waals surface area contributed by atoms with Gasteiger partial charge in [0.2, 0.25) is 26.6 Å². The standard InChI is InChI=1S/C18H15ClN2O3S/c19-13-6-10-15(11-7-13)25(22,23)18-17(20-14-8-9-14)24-16(21-18)12-4-2-1-3-5-12/h1-7,10-11,14,20H,8-9H2. The Morgan fingerprint density at radius 1 is 1.04 bits per heavy atom. The highest BCUT2D eigenvalue weighted by Gasteiger charge is 2.32. The van der Waals surface area contributed by atoms with Gasteiger partial charge < -0.3 is 9.73 Å². The highest BCUT2D eigenvalue weighted by Crippen LogP contribution is 2.35. The number of anilines is 1. The van der Waals surface area contributed by atoms with Gasteiger partial charge in [-0.05, 0) is 49.2 Å². The smallest absolute Gasteiger partial charge is 0.234 e. The quantitative estimate of drug-likeness (QED) is 0.716. The van der Waals surface area contributed by atoms with Crippen molar-refractivity contribution in [1.82, 2.24) is 4.98 Å². The second-order valence-electron chi connectivity index (χ2n) is 5.90. The molecule has 1 aromatic heterocycles. The van der Waals surface area contributed by atoms with Crippen molar-refractivity contribution in [2.75, 3.05) is 5.32 Å². The first-order valence-corrected chi connectivity index (χ1v) is 9.73. The van der Waals surface area contributed by atoms with Crippen LogP contribution < -0.4 is 5.32 Å². The van der Waals surface area contributed by atoms with Crippen LogP contribution in [-0.2, 0) is 9.84 Å². The second kappa shape index (κ2) is 6.20. The van der Waals surface area contributed by atoms with Gasteiger partial charge in [0.15, 0.2) is 0 Å². The first-order valence-electron chi connectivity index (χ1n) is 7.87. The average Bonchev–Trinajstić information content (AvgIpc) is 3.32. The van der Waals surface area contributed by atoms with Gasteiger partial charge in [0, 0.05) is 16.6 Å². The van der Waals surface area contributed by atoms with E-state index in [1.165, 1.54) is 12.1 Å². The van der Waals surface area contributed by atoms with Crippen molar-refractivity contribution in [3.63, 3.8) is 0 Å². The zero-order valence-corrected chi connectivity index (χ0v) is 14.7. The summed E-state index contributed by atoms with van der Waals surface area (Å²) in [5.41, 5.74) is 0.721. The molecule has 4 rings (SSSR count). The summed E-state index contributed by atoms with van der Waals surface area (Å²) >= 11 is 5.86. The van der Waals surface area contributed by atoms with Crippen molar-refractivity contribution < 1.29 is 12.8 Å². The summed E-state index contributed by atoms with van der Waals surface area (Å²) < 4.78 is 31.8. The van der Waals surface area contributed by atoms with Gasteiger partial charge in [0.25, 0.3) is 0 Å². The molecule has 1 fully saturated rings. The Labute approximate surface area is 150 Å². The van der Waals surface area contributed by atoms with Crippen LogP contribution in [0.15, 0.2) is 68.9 Å². The van der Waals surface area contributed by atoms with Gasteiger partial charge in [-0.25, -0.2) is 8.42 Å². The van der Waals surface area contributed by atoms with Gasteiger partial charge in [-0.2, -0.15) is 4.98 Å². The Morgan fingerprint density at radius 3 is 2.36 bits per heavy atom. The molecule has 25 heavy (non-hydrogen) atoms. The molecule has 0 saturated heterocycles. The van der Waals surface area contributed by atoms with E-state index in [9.17, 15) is 8.42 Å². The van der Waals surface area contributed by atoms with E-state index in [1.807, 2.05) is 30.3 Å². The van der Waals surface area contributed by atoms with Crippen molar-refractivity contribution in [3.8, 4) is 11.5 Å². The van der Waals surface area contributed by atoms with Crippen molar-refractivity contribution in [3.05, 3.63) is 59.6 Å². The molecule has 2 aromatic carbocycles. The van der Waals surface area contributed by atoms with Gasteiger partial charge in [0.05, 0.1) is 4.90 Å². The van der Waals surface area contributed by atoms with Crippen LogP contribution in [-0.4, -0.2) is 19.4 Å². The zero-order valence-electron chi connectivity index (χ0n) is 13.1. The minimum atomic E-state index is -3.82. The molecule has 0 bridgehead atoms. The van der Waals surface area contributed by atoms with Gasteiger partial charge >= 0.3 is 0 Å². The Balaban J connectivity index is 1.81. The average molecular weight is 375 g/mol. The largest absolute Gasteiger partial charge is 0.419 e. The molecule has 1 aliphatic rings. The number of nitrogens with one attached hydrogen (secondary N) is 1. The van der Waals surface area contributed by atoms with E-state index in [1.54, 1.807) is 12.1 Å². The van der Waals surface area contributed by atoms with Gasteiger partial charge in [-0.1, -0.05) is 29.8 Å². The monoisotopic (exact) mass is 374 g/mol. The molecule has 0 aliphatic heterocycles. The number of sulfone groups is 1. The molecule has 1 heterocycles. The molecule has 1 N–H and O–H groups in total. The first kappa shape index (κ1) is 16.2. The fourth-order valence-electron chi connectivity index (χ4n) is 2.42. The molecular formula is C18H15ClN2O3S. The third-order valence-corrected chi connectivity index (χ3v) is 5.84. The summed E-state index contributed by atoms with van der Waals surface area (Å²) in [4.78, 5) is 4.41. The molecule has 0 atom stereocenters. The van der Waals surface area contributed by atoms with Crippen molar-refractivity contribution >= 4 is 27.3 Å². The van der Waals surface area contributed by atoms with E-state index in [0.29, 0.717) is 5.02 Å². The second-order valence-corrected chi connectivity index (χ2v) is 8.20. The maximum absolute atomic E-state index is 13.0. The number of benzene rings is 2. The van der Waals surface area contributed by atoms with E-state index in [-0.39, 0.29) is 27.7 Å². The Hall–Kier alpha value is -2.31. The molecule has 0 radical (unpaired) electrons. The molecule has 1 saturated carbocycles. The molecule has 3 aromatic rings. The number of halogens is 1. The van der Waals surface area contributed by atoms with Crippen LogP contribution in [0.1, 0.15) is 12.8 Å². The molecule has 1 aliphatic carbocycles. The maximum atomic E-state index is 13.0. The minimum absolute atomic E-state index is 0.0967. The Morgan fingerprint density at radius 2 is 1.72 bits per heavy atom. The van der Waals surface area contributed by atoms with E-state index in [0.717, 1.165) is 18.4 Å². The van der Waals surface area contributed by atoms with Crippen LogP contribution in [0.3, 0.4) is 0 Å².